The highest BCUT2D eigenvalue weighted by molar-refractivity contribution is 5.85. The molecule has 2 atom stereocenters. The van der Waals surface area contributed by atoms with E-state index < -0.39 is 0 Å². The second kappa shape index (κ2) is 7.10. The third kappa shape index (κ3) is 3.60. The van der Waals surface area contributed by atoms with E-state index in [1.165, 1.54) is 0 Å². The second-order valence-corrected chi connectivity index (χ2v) is 5.36. The van der Waals surface area contributed by atoms with E-state index in [9.17, 15) is 9.59 Å². The van der Waals surface area contributed by atoms with Crippen molar-refractivity contribution in [3.63, 3.8) is 0 Å². The molecule has 0 aromatic heterocycles. The molecule has 19 heavy (non-hydrogen) atoms. The molecule has 2 rings (SSSR count). The summed E-state index contributed by atoms with van der Waals surface area (Å²) in [5.74, 6) is 0.844. The highest BCUT2D eigenvalue weighted by Gasteiger charge is 2.35. The number of rotatable bonds is 2. The predicted octanol–water partition coefficient (Wildman–Crippen LogP) is 0.474. The highest BCUT2D eigenvalue weighted by Crippen LogP contribution is 2.32. The maximum atomic E-state index is 12.4. The lowest BCUT2D eigenvalue weighted by Crippen LogP contribution is -2.52. The van der Waals surface area contributed by atoms with Crippen LogP contribution in [0.1, 0.15) is 26.2 Å². The molecule has 0 aromatic rings. The number of hydrogen-bond donors (Lipinski definition) is 1. The van der Waals surface area contributed by atoms with Crippen molar-refractivity contribution in [3.05, 3.63) is 0 Å². The lowest BCUT2D eigenvalue weighted by Gasteiger charge is -2.36. The molecule has 0 bridgehead atoms. The molecule has 1 saturated heterocycles. The molecular weight excluding hydrogens is 266 g/mol. The lowest BCUT2D eigenvalue weighted by molar-refractivity contribution is -0.142. The number of piperazine rings is 1. The van der Waals surface area contributed by atoms with Gasteiger partial charge in [0.1, 0.15) is 0 Å². The van der Waals surface area contributed by atoms with Gasteiger partial charge in [0.05, 0.1) is 0 Å². The van der Waals surface area contributed by atoms with E-state index in [2.05, 4.69) is 0 Å². The summed E-state index contributed by atoms with van der Waals surface area (Å²) in [5.41, 5.74) is 5.73. The minimum atomic E-state index is 0. The zero-order valence-electron chi connectivity index (χ0n) is 11.5. The van der Waals surface area contributed by atoms with Crippen LogP contribution in [-0.4, -0.2) is 54.3 Å². The van der Waals surface area contributed by atoms with Gasteiger partial charge < -0.3 is 15.5 Å². The van der Waals surface area contributed by atoms with Gasteiger partial charge in [0.25, 0.3) is 0 Å². The van der Waals surface area contributed by atoms with Crippen LogP contribution in [0.3, 0.4) is 0 Å². The number of amides is 2. The molecule has 6 heteroatoms. The average molecular weight is 290 g/mol. The van der Waals surface area contributed by atoms with Gasteiger partial charge in [-0.1, -0.05) is 6.42 Å². The van der Waals surface area contributed by atoms with Gasteiger partial charge in [0.15, 0.2) is 0 Å². The fourth-order valence-corrected chi connectivity index (χ4v) is 3.12. The summed E-state index contributed by atoms with van der Waals surface area (Å²) in [5, 5.41) is 0. The molecule has 1 aliphatic heterocycles. The van der Waals surface area contributed by atoms with E-state index in [1.807, 2.05) is 4.90 Å². The summed E-state index contributed by atoms with van der Waals surface area (Å²) in [6.45, 7) is 4.88. The molecule has 0 aromatic carbocycles. The number of halogens is 1. The Balaban J connectivity index is 0.00000180. The van der Waals surface area contributed by atoms with Crippen molar-refractivity contribution >= 4 is 24.2 Å². The first-order valence-corrected chi connectivity index (χ1v) is 6.88. The number of nitrogens with zero attached hydrogens (tertiary/aromatic N) is 2. The van der Waals surface area contributed by atoms with Crippen molar-refractivity contribution in [3.8, 4) is 0 Å². The molecule has 1 aliphatic carbocycles. The maximum Gasteiger partial charge on any atom is 0.226 e. The molecule has 2 aliphatic rings. The summed E-state index contributed by atoms with van der Waals surface area (Å²) < 4.78 is 0. The van der Waals surface area contributed by atoms with Crippen molar-refractivity contribution in [1.29, 1.82) is 0 Å². The number of carbonyl (C=O) groups excluding carboxylic acids is 2. The molecule has 0 unspecified atom stereocenters. The summed E-state index contributed by atoms with van der Waals surface area (Å²) >= 11 is 0. The molecule has 0 radical (unpaired) electrons. The fourth-order valence-electron chi connectivity index (χ4n) is 3.12. The van der Waals surface area contributed by atoms with Gasteiger partial charge in [-0.2, -0.15) is 0 Å². The van der Waals surface area contributed by atoms with Crippen LogP contribution in [0.4, 0.5) is 0 Å². The molecule has 0 spiro atoms. The van der Waals surface area contributed by atoms with Gasteiger partial charge in [-0.3, -0.25) is 9.59 Å². The van der Waals surface area contributed by atoms with Crippen molar-refractivity contribution in [2.45, 2.75) is 26.2 Å². The normalized spacial score (nSPS) is 27.1. The maximum absolute atomic E-state index is 12.4. The smallest absolute Gasteiger partial charge is 0.226 e. The molecule has 5 nitrogen and oxygen atoms in total. The van der Waals surface area contributed by atoms with E-state index in [-0.39, 0.29) is 30.1 Å². The molecule has 1 saturated carbocycles. The Bertz CT molecular complexity index is 330. The van der Waals surface area contributed by atoms with Crippen molar-refractivity contribution in [1.82, 2.24) is 9.80 Å². The summed E-state index contributed by atoms with van der Waals surface area (Å²) in [6, 6.07) is 0. The van der Waals surface area contributed by atoms with E-state index in [1.54, 1.807) is 11.8 Å². The molecule has 2 fully saturated rings. The van der Waals surface area contributed by atoms with Crippen LogP contribution in [0.2, 0.25) is 0 Å². The minimum absolute atomic E-state index is 0. The lowest BCUT2D eigenvalue weighted by atomic mass is 9.94. The average Bonchev–Trinajstić information content (AvgIpc) is 2.86. The quantitative estimate of drug-likeness (QED) is 0.804. The standard InChI is InChI=1S/C13H23N3O2.ClH/c1-10(17)15-5-7-16(8-6-15)13(18)12-4-2-3-11(12)9-14;/h11-12H,2-9,14H2,1H3;1H/t11-,12-;/m1./s1. The molecular formula is C13H24ClN3O2. The van der Waals surface area contributed by atoms with Crippen molar-refractivity contribution < 1.29 is 9.59 Å². The third-order valence-electron chi connectivity index (χ3n) is 4.32. The number of hydrogen-bond acceptors (Lipinski definition) is 3. The predicted molar refractivity (Wildman–Crippen MR) is 76.0 cm³/mol. The van der Waals surface area contributed by atoms with Gasteiger partial charge >= 0.3 is 0 Å². The van der Waals surface area contributed by atoms with E-state index >= 15 is 0 Å². The van der Waals surface area contributed by atoms with Crippen LogP contribution < -0.4 is 5.73 Å². The molecule has 2 N–H and O–H groups in total. The second-order valence-electron chi connectivity index (χ2n) is 5.36. The highest BCUT2D eigenvalue weighted by atomic mass is 35.5. The molecule has 110 valence electrons. The Hall–Kier alpha value is -0.810. The van der Waals surface area contributed by atoms with E-state index in [4.69, 9.17) is 5.73 Å². The van der Waals surface area contributed by atoms with Crippen LogP contribution in [0.15, 0.2) is 0 Å². The number of nitrogens with two attached hydrogens (primary N) is 1. The fraction of sp³-hybridized carbons (Fsp3) is 0.846. The van der Waals surface area contributed by atoms with Crippen LogP contribution in [-0.2, 0) is 9.59 Å². The first-order chi connectivity index (χ1) is 8.63. The van der Waals surface area contributed by atoms with Crippen LogP contribution >= 0.6 is 12.4 Å². The molecule has 1 heterocycles. The summed E-state index contributed by atoms with van der Waals surface area (Å²) in [6.07, 6.45) is 3.18. The van der Waals surface area contributed by atoms with Crippen LogP contribution in [0, 0.1) is 11.8 Å². The van der Waals surface area contributed by atoms with Gasteiger partial charge in [-0.25, -0.2) is 0 Å². The third-order valence-corrected chi connectivity index (χ3v) is 4.32. The van der Waals surface area contributed by atoms with E-state index in [0.29, 0.717) is 38.6 Å². The van der Waals surface area contributed by atoms with Crippen LogP contribution in [0.25, 0.3) is 0 Å². The van der Waals surface area contributed by atoms with Gasteiger partial charge in [-0.15, -0.1) is 12.4 Å². The number of carbonyl (C=O) groups is 2. The Morgan fingerprint density at radius 2 is 1.68 bits per heavy atom. The first kappa shape index (κ1) is 16.2. The van der Waals surface area contributed by atoms with Gasteiger partial charge in [0.2, 0.25) is 11.8 Å². The Morgan fingerprint density at radius 3 is 2.21 bits per heavy atom. The first-order valence-electron chi connectivity index (χ1n) is 6.88. The van der Waals surface area contributed by atoms with Gasteiger partial charge in [-0.05, 0) is 25.3 Å². The molecule has 2 amide bonds. The zero-order chi connectivity index (χ0) is 13.1. The zero-order valence-corrected chi connectivity index (χ0v) is 12.3. The largest absolute Gasteiger partial charge is 0.339 e. The van der Waals surface area contributed by atoms with E-state index in [0.717, 1.165) is 19.3 Å². The minimum Gasteiger partial charge on any atom is -0.339 e. The summed E-state index contributed by atoms with van der Waals surface area (Å²) in [7, 11) is 0. The van der Waals surface area contributed by atoms with Gasteiger partial charge in [0, 0.05) is 39.0 Å². The van der Waals surface area contributed by atoms with Crippen molar-refractivity contribution in [2.24, 2.45) is 17.6 Å². The SMILES string of the molecule is CC(=O)N1CCN(C(=O)[C@@H]2CCC[C@@H]2CN)CC1.Cl. The van der Waals surface area contributed by atoms with Crippen LogP contribution in [0.5, 0.6) is 0 Å². The Labute approximate surface area is 120 Å². The Kier molecular flexibility index (Phi) is 6.07. The summed E-state index contributed by atoms with van der Waals surface area (Å²) in [4.78, 5) is 27.4. The monoisotopic (exact) mass is 289 g/mol. The topological polar surface area (TPSA) is 66.6 Å². The van der Waals surface area contributed by atoms with Crippen molar-refractivity contribution in [2.75, 3.05) is 32.7 Å². The Morgan fingerprint density at radius 1 is 1.11 bits per heavy atom.